The summed E-state index contributed by atoms with van der Waals surface area (Å²) < 4.78 is 2.18. The first-order valence-corrected chi connectivity index (χ1v) is 11.6. The molecule has 0 atom stereocenters. The van der Waals surface area contributed by atoms with Gasteiger partial charge in [-0.05, 0) is 51.4 Å². The SMILES string of the molecule is Cc1cc(C(=O)CSc2nnc(CN3CCCCC3)n2Cc2ccccc2)c(C)[nH]1. The highest BCUT2D eigenvalue weighted by Crippen LogP contribution is 2.23. The van der Waals surface area contributed by atoms with Gasteiger partial charge in [0.05, 0.1) is 18.8 Å². The van der Waals surface area contributed by atoms with E-state index in [4.69, 9.17) is 0 Å². The summed E-state index contributed by atoms with van der Waals surface area (Å²) in [6.45, 7) is 7.68. The molecule has 3 aromatic rings. The maximum absolute atomic E-state index is 12.7. The van der Waals surface area contributed by atoms with E-state index in [9.17, 15) is 4.79 Å². The summed E-state index contributed by atoms with van der Waals surface area (Å²) in [5.74, 6) is 1.45. The summed E-state index contributed by atoms with van der Waals surface area (Å²) in [6, 6.07) is 12.3. The lowest BCUT2D eigenvalue weighted by Crippen LogP contribution is -2.30. The van der Waals surface area contributed by atoms with Crippen molar-refractivity contribution in [3.8, 4) is 0 Å². The predicted octanol–water partition coefficient (Wildman–Crippen LogP) is 4.23. The molecule has 0 radical (unpaired) electrons. The molecule has 30 heavy (non-hydrogen) atoms. The Balaban J connectivity index is 1.52. The van der Waals surface area contributed by atoms with E-state index in [1.807, 2.05) is 26.0 Å². The van der Waals surface area contributed by atoms with Gasteiger partial charge < -0.3 is 9.55 Å². The number of hydrogen-bond donors (Lipinski definition) is 1. The van der Waals surface area contributed by atoms with Gasteiger partial charge >= 0.3 is 0 Å². The van der Waals surface area contributed by atoms with E-state index in [2.05, 4.69) is 48.9 Å². The quantitative estimate of drug-likeness (QED) is 0.434. The second-order valence-corrected chi connectivity index (χ2v) is 8.95. The summed E-state index contributed by atoms with van der Waals surface area (Å²) in [5, 5.41) is 9.78. The van der Waals surface area contributed by atoms with Gasteiger partial charge in [0, 0.05) is 17.0 Å². The molecule has 1 fully saturated rings. The molecule has 1 aliphatic rings. The highest BCUT2D eigenvalue weighted by atomic mass is 32.2. The predicted molar refractivity (Wildman–Crippen MR) is 120 cm³/mol. The van der Waals surface area contributed by atoms with Gasteiger partial charge in [0.2, 0.25) is 0 Å². The first-order valence-electron chi connectivity index (χ1n) is 10.6. The average Bonchev–Trinajstić information content (AvgIpc) is 3.29. The van der Waals surface area contributed by atoms with Crippen molar-refractivity contribution in [2.45, 2.75) is 51.4 Å². The number of hydrogen-bond acceptors (Lipinski definition) is 5. The van der Waals surface area contributed by atoms with Crippen molar-refractivity contribution in [1.82, 2.24) is 24.6 Å². The van der Waals surface area contributed by atoms with Crippen LogP contribution in [0.25, 0.3) is 0 Å². The zero-order valence-electron chi connectivity index (χ0n) is 17.7. The summed E-state index contributed by atoms with van der Waals surface area (Å²) >= 11 is 1.48. The smallest absolute Gasteiger partial charge is 0.192 e. The Hall–Kier alpha value is -2.38. The average molecular weight is 424 g/mol. The zero-order chi connectivity index (χ0) is 20.9. The number of carbonyl (C=O) groups is 1. The van der Waals surface area contributed by atoms with Gasteiger partial charge in [-0.2, -0.15) is 0 Å². The number of aromatic nitrogens is 4. The molecular weight excluding hydrogens is 394 g/mol. The Morgan fingerprint density at radius 3 is 2.53 bits per heavy atom. The van der Waals surface area contributed by atoms with Crippen LogP contribution in [0.1, 0.15) is 52.4 Å². The molecular formula is C23H29N5OS. The molecule has 1 N–H and O–H groups in total. The van der Waals surface area contributed by atoms with E-state index >= 15 is 0 Å². The number of nitrogens with one attached hydrogen (secondary N) is 1. The number of aryl methyl sites for hydroxylation is 2. The molecule has 1 saturated heterocycles. The van der Waals surface area contributed by atoms with Crippen LogP contribution in [0.4, 0.5) is 0 Å². The van der Waals surface area contributed by atoms with Crippen LogP contribution in [0.5, 0.6) is 0 Å². The molecule has 0 saturated carbocycles. The highest BCUT2D eigenvalue weighted by Gasteiger charge is 2.19. The minimum atomic E-state index is 0.119. The lowest BCUT2D eigenvalue weighted by Gasteiger charge is -2.26. The third kappa shape index (κ3) is 5.02. The second-order valence-electron chi connectivity index (χ2n) is 8.01. The van der Waals surface area contributed by atoms with E-state index in [0.717, 1.165) is 54.1 Å². The fourth-order valence-corrected chi connectivity index (χ4v) is 4.85. The van der Waals surface area contributed by atoms with E-state index in [0.29, 0.717) is 5.75 Å². The fourth-order valence-electron chi connectivity index (χ4n) is 4.01. The first kappa shape index (κ1) is 20.9. The van der Waals surface area contributed by atoms with Crippen molar-refractivity contribution < 1.29 is 4.79 Å². The lowest BCUT2D eigenvalue weighted by molar-refractivity contribution is 0.102. The van der Waals surface area contributed by atoms with Crippen LogP contribution in [0.3, 0.4) is 0 Å². The van der Waals surface area contributed by atoms with Crippen LogP contribution < -0.4 is 0 Å². The fraction of sp³-hybridized carbons (Fsp3) is 0.435. The maximum Gasteiger partial charge on any atom is 0.192 e. The molecule has 3 heterocycles. The third-order valence-electron chi connectivity index (χ3n) is 5.57. The van der Waals surface area contributed by atoms with Crippen LogP contribution in [-0.2, 0) is 13.1 Å². The number of Topliss-reactive ketones (excluding diaryl/α,β-unsaturated/α-hetero) is 1. The number of likely N-dealkylation sites (tertiary alicyclic amines) is 1. The standard InChI is InChI=1S/C23H29N5OS/c1-17-13-20(18(2)24-17)21(29)16-30-23-26-25-22(15-27-11-7-4-8-12-27)28(23)14-19-9-5-3-6-10-19/h3,5-6,9-10,13,24H,4,7-8,11-12,14-16H2,1-2H3. The number of aromatic amines is 1. The molecule has 1 aromatic carbocycles. The normalized spacial score (nSPS) is 14.9. The number of thioether (sulfide) groups is 1. The van der Waals surface area contributed by atoms with Crippen molar-refractivity contribution >= 4 is 17.5 Å². The highest BCUT2D eigenvalue weighted by molar-refractivity contribution is 7.99. The molecule has 4 rings (SSSR count). The Morgan fingerprint density at radius 1 is 1.07 bits per heavy atom. The summed E-state index contributed by atoms with van der Waals surface area (Å²) in [4.78, 5) is 18.4. The minimum absolute atomic E-state index is 0.119. The number of benzene rings is 1. The van der Waals surface area contributed by atoms with Gasteiger partial charge in [-0.1, -0.05) is 48.5 Å². The van der Waals surface area contributed by atoms with Gasteiger partial charge in [0.15, 0.2) is 10.9 Å². The molecule has 0 amide bonds. The van der Waals surface area contributed by atoms with E-state index in [1.165, 1.54) is 36.6 Å². The molecule has 0 aliphatic carbocycles. The molecule has 158 valence electrons. The van der Waals surface area contributed by atoms with Crippen molar-refractivity contribution in [3.05, 3.63) is 64.7 Å². The Bertz CT molecular complexity index is 988. The molecule has 2 aromatic heterocycles. The van der Waals surface area contributed by atoms with E-state index < -0.39 is 0 Å². The monoisotopic (exact) mass is 423 g/mol. The van der Waals surface area contributed by atoms with Gasteiger partial charge in [-0.25, -0.2) is 0 Å². The van der Waals surface area contributed by atoms with Crippen molar-refractivity contribution in [3.63, 3.8) is 0 Å². The maximum atomic E-state index is 12.7. The summed E-state index contributed by atoms with van der Waals surface area (Å²) in [5.41, 5.74) is 3.91. The number of nitrogens with zero attached hydrogens (tertiary/aromatic N) is 4. The lowest BCUT2D eigenvalue weighted by atomic mass is 10.1. The van der Waals surface area contributed by atoms with Crippen LogP contribution in [0.2, 0.25) is 0 Å². The van der Waals surface area contributed by atoms with Crippen LogP contribution in [0.15, 0.2) is 41.6 Å². The molecule has 7 heteroatoms. The molecule has 6 nitrogen and oxygen atoms in total. The largest absolute Gasteiger partial charge is 0.362 e. The van der Waals surface area contributed by atoms with Gasteiger partial charge in [-0.3, -0.25) is 9.69 Å². The Kier molecular flexibility index (Phi) is 6.69. The molecule has 0 unspecified atom stereocenters. The summed E-state index contributed by atoms with van der Waals surface area (Å²) in [6.07, 6.45) is 3.81. The Labute approximate surface area is 182 Å². The topological polar surface area (TPSA) is 66.8 Å². The summed E-state index contributed by atoms with van der Waals surface area (Å²) in [7, 11) is 0. The van der Waals surface area contributed by atoms with Crippen molar-refractivity contribution in [1.29, 1.82) is 0 Å². The molecule has 0 spiro atoms. The first-order chi connectivity index (χ1) is 14.6. The number of piperidine rings is 1. The van der Waals surface area contributed by atoms with Gasteiger partial charge in [0.1, 0.15) is 5.82 Å². The Morgan fingerprint density at radius 2 is 1.83 bits per heavy atom. The molecule has 0 bridgehead atoms. The number of H-pyrrole nitrogens is 1. The van der Waals surface area contributed by atoms with Crippen LogP contribution in [-0.4, -0.2) is 49.3 Å². The molecule has 1 aliphatic heterocycles. The number of ketones is 1. The number of rotatable bonds is 8. The minimum Gasteiger partial charge on any atom is -0.362 e. The van der Waals surface area contributed by atoms with Crippen LogP contribution in [0, 0.1) is 13.8 Å². The van der Waals surface area contributed by atoms with Crippen molar-refractivity contribution in [2.24, 2.45) is 0 Å². The zero-order valence-corrected chi connectivity index (χ0v) is 18.5. The number of carbonyl (C=O) groups excluding carboxylic acids is 1. The third-order valence-corrected chi connectivity index (χ3v) is 6.54. The van der Waals surface area contributed by atoms with E-state index in [1.54, 1.807) is 0 Å². The van der Waals surface area contributed by atoms with Gasteiger partial charge in [-0.15, -0.1) is 10.2 Å². The van der Waals surface area contributed by atoms with Gasteiger partial charge in [0.25, 0.3) is 0 Å². The van der Waals surface area contributed by atoms with Crippen LogP contribution >= 0.6 is 11.8 Å². The van der Waals surface area contributed by atoms with Crippen molar-refractivity contribution in [2.75, 3.05) is 18.8 Å². The van der Waals surface area contributed by atoms with E-state index in [-0.39, 0.29) is 5.78 Å². The second kappa shape index (κ2) is 9.62.